The molecule has 90 valence electrons. The number of likely N-dealkylation sites (N-methyl/N-ethyl adjacent to an activating group) is 1. The predicted octanol–water partition coefficient (Wildman–Crippen LogP) is 0.397. The summed E-state index contributed by atoms with van der Waals surface area (Å²) < 4.78 is 15.2. The highest BCUT2D eigenvalue weighted by Crippen LogP contribution is 2.33. The van der Waals surface area contributed by atoms with Crippen molar-refractivity contribution >= 4 is 13.5 Å². The first kappa shape index (κ1) is 14.6. The highest BCUT2D eigenvalue weighted by Gasteiger charge is 2.13. The zero-order chi connectivity index (χ0) is 11.9. The van der Waals surface area contributed by atoms with Crippen LogP contribution >= 0.6 is 7.60 Å². The Morgan fingerprint density at radius 1 is 1.40 bits per heavy atom. The van der Waals surface area contributed by atoms with Gasteiger partial charge in [-0.05, 0) is 6.92 Å². The second kappa shape index (κ2) is 6.95. The van der Waals surface area contributed by atoms with Gasteiger partial charge in [0.25, 0.3) is 0 Å². The van der Waals surface area contributed by atoms with Gasteiger partial charge in [0.1, 0.15) is 6.35 Å². The van der Waals surface area contributed by atoms with E-state index >= 15 is 0 Å². The van der Waals surface area contributed by atoms with Gasteiger partial charge in [0.05, 0.1) is 6.61 Å². The molecule has 0 aliphatic rings. The number of amides is 1. The van der Waals surface area contributed by atoms with Crippen molar-refractivity contribution in [3.63, 3.8) is 0 Å². The molecule has 2 N–H and O–H groups in total. The summed E-state index contributed by atoms with van der Waals surface area (Å²) >= 11 is 0. The van der Waals surface area contributed by atoms with E-state index in [0.717, 1.165) is 0 Å². The van der Waals surface area contributed by atoms with Crippen LogP contribution in [0.1, 0.15) is 20.3 Å². The second-order valence-electron chi connectivity index (χ2n) is 3.03. The van der Waals surface area contributed by atoms with Gasteiger partial charge in [-0.3, -0.25) is 9.36 Å². The molecule has 0 aliphatic carbocycles. The van der Waals surface area contributed by atoms with Crippen molar-refractivity contribution in [2.45, 2.75) is 20.3 Å². The molecule has 0 bridgehead atoms. The Morgan fingerprint density at radius 2 is 2.00 bits per heavy atom. The lowest BCUT2D eigenvalue weighted by atomic mass is 10.4. The maximum absolute atomic E-state index is 11.3. The molecule has 0 aliphatic heterocycles. The van der Waals surface area contributed by atoms with E-state index in [1.165, 1.54) is 0 Å². The van der Waals surface area contributed by atoms with E-state index in [2.05, 4.69) is 0 Å². The van der Waals surface area contributed by atoms with Gasteiger partial charge in [-0.2, -0.15) is 0 Å². The lowest BCUT2D eigenvalue weighted by Gasteiger charge is -2.19. The molecule has 7 heteroatoms. The lowest BCUT2D eigenvalue weighted by molar-refractivity contribution is -0.131. The fourth-order valence-electron chi connectivity index (χ4n) is 1.04. The van der Waals surface area contributed by atoms with E-state index in [1.807, 2.05) is 6.92 Å². The van der Waals surface area contributed by atoms with Crippen LogP contribution in [0.25, 0.3) is 0 Å². The van der Waals surface area contributed by atoms with Crippen LogP contribution < -0.4 is 0 Å². The Hall–Kier alpha value is -0.420. The van der Waals surface area contributed by atoms with Crippen molar-refractivity contribution in [2.75, 3.05) is 26.0 Å². The third kappa shape index (κ3) is 7.50. The van der Waals surface area contributed by atoms with Crippen molar-refractivity contribution in [1.82, 2.24) is 4.90 Å². The molecule has 15 heavy (non-hydrogen) atoms. The quantitative estimate of drug-likeness (QED) is 0.496. The van der Waals surface area contributed by atoms with Crippen LogP contribution in [0.15, 0.2) is 0 Å². The van der Waals surface area contributed by atoms with E-state index in [1.54, 1.807) is 11.8 Å². The van der Waals surface area contributed by atoms with Gasteiger partial charge < -0.3 is 19.4 Å². The van der Waals surface area contributed by atoms with E-state index in [4.69, 9.17) is 14.5 Å². The molecular formula is C8H18NO5P. The fourth-order valence-corrected chi connectivity index (χ4v) is 1.41. The standard InChI is InChI=1S/C8H18NO5P/c1-3-8(10)9(4-2)5-6-14-7-15(11,12)13/h3-7H2,1-2H3,(H2,11,12,13). The Bertz CT molecular complexity index is 239. The van der Waals surface area contributed by atoms with E-state index in [0.29, 0.717) is 19.5 Å². The Morgan fingerprint density at radius 3 is 2.40 bits per heavy atom. The Labute approximate surface area is 89.4 Å². The molecular weight excluding hydrogens is 221 g/mol. The molecule has 0 spiro atoms. The monoisotopic (exact) mass is 239 g/mol. The highest BCUT2D eigenvalue weighted by molar-refractivity contribution is 7.51. The van der Waals surface area contributed by atoms with E-state index in [9.17, 15) is 9.36 Å². The number of nitrogens with zero attached hydrogens (tertiary/aromatic N) is 1. The SMILES string of the molecule is CCC(=O)N(CC)CCOCP(=O)(O)O. The van der Waals surface area contributed by atoms with Crippen LogP contribution in [0.4, 0.5) is 0 Å². The van der Waals surface area contributed by atoms with Gasteiger partial charge in [0.2, 0.25) is 5.91 Å². The summed E-state index contributed by atoms with van der Waals surface area (Å²) in [5.74, 6) is 0.0114. The van der Waals surface area contributed by atoms with Gasteiger partial charge in [0, 0.05) is 19.5 Å². The zero-order valence-electron chi connectivity index (χ0n) is 9.05. The van der Waals surface area contributed by atoms with Crippen molar-refractivity contribution in [1.29, 1.82) is 0 Å². The third-order valence-corrected chi connectivity index (χ3v) is 2.32. The minimum Gasteiger partial charge on any atom is -0.367 e. The van der Waals surface area contributed by atoms with Crippen LogP contribution in [0.2, 0.25) is 0 Å². The van der Waals surface area contributed by atoms with Crippen molar-refractivity contribution in [3.05, 3.63) is 0 Å². The topological polar surface area (TPSA) is 87.1 Å². The molecule has 0 fully saturated rings. The lowest BCUT2D eigenvalue weighted by Crippen LogP contribution is -2.33. The number of hydrogen-bond donors (Lipinski definition) is 2. The highest BCUT2D eigenvalue weighted by atomic mass is 31.2. The summed E-state index contributed by atoms with van der Waals surface area (Å²) in [6.45, 7) is 4.69. The molecule has 0 atom stereocenters. The molecule has 0 unspecified atom stereocenters. The van der Waals surface area contributed by atoms with Crippen LogP contribution in [0, 0.1) is 0 Å². The Balaban J connectivity index is 3.74. The maximum atomic E-state index is 11.3. The average Bonchev–Trinajstić information content (AvgIpc) is 2.15. The molecule has 0 saturated carbocycles. The molecule has 0 aromatic heterocycles. The van der Waals surface area contributed by atoms with Crippen molar-refractivity contribution in [2.24, 2.45) is 0 Å². The minimum absolute atomic E-state index is 0.0114. The molecule has 1 amide bonds. The normalized spacial score (nSPS) is 11.5. The van der Waals surface area contributed by atoms with Crippen molar-refractivity contribution in [3.8, 4) is 0 Å². The van der Waals surface area contributed by atoms with Gasteiger partial charge in [-0.1, -0.05) is 6.92 Å². The minimum atomic E-state index is -4.09. The maximum Gasteiger partial charge on any atom is 0.350 e. The number of ether oxygens (including phenoxy) is 1. The first-order valence-electron chi connectivity index (χ1n) is 4.80. The van der Waals surface area contributed by atoms with Gasteiger partial charge in [-0.25, -0.2) is 0 Å². The summed E-state index contributed by atoms with van der Waals surface area (Å²) in [5, 5.41) is 0. The first-order valence-corrected chi connectivity index (χ1v) is 6.60. The summed E-state index contributed by atoms with van der Waals surface area (Å²) in [6, 6.07) is 0. The van der Waals surface area contributed by atoms with E-state index in [-0.39, 0.29) is 12.5 Å². The third-order valence-electron chi connectivity index (χ3n) is 1.80. The second-order valence-corrected chi connectivity index (χ2v) is 4.62. The number of hydrogen-bond acceptors (Lipinski definition) is 3. The van der Waals surface area contributed by atoms with Crippen LogP contribution in [-0.4, -0.2) is 46.6 Å². The number of rotatable bonds is 7. The van der Waals surface area contributed by atoms with Crippen molar-refractivity contribution < 1.29 is 23.9 Å². The average molecular weight is 239 g/mol. The van der Waals surface area contributed by atoms with Crippen LogP contribution in [-0.2, 0) is 14.1 Å². The van der Waals surface area contributed by atoms with E-state index < -0.39 is 13.9 Å². The molecule has 0 rings (SSSR count). The smallest absolute Gasteiger partial charge is 0.350 e. The zero-order valence-corrected chi connectivity index (χ0v) is 9.94. The number of carbonyl (C=O) groups is 1. The molecule has 0 aromatic rings. The largest absolute Gasteiger partial charge is 0.367 e. The summed E-state index contributed by atoms with van der Waals surface area (Å²) in [4.78, 5) is 29.8. The molecule has 0 heterocycles. The molecule has 0 radical (unpaired) electrons. The van der Waals surface area contributed by atoms with Crippen LogP contribution in [0.3, 0.4) is 0 Å². The predicted molar refractivity (Wildman–Crippen MR) is 55.4 cm³/mol. The fraction of sp³-hybridized carbons (Fsp3) is 0.875. The summed E-state index contributed by atoms with van der Waals surface area (Å²) in [7, 11) is -4.09. The molecule has 0 aromatic carbocycles. The van der Waals surface area contributed by atoms with Crippen LogP contribution in [0.5, 0.6) is 0 Å². The summed E-state index contributed by atoms with van der Waals surface area (Å²) in [6.07, 6.45) is -0.169. The molecule has 6 nitrogen and oxygen atoms in total. The van der Waals surface area contributed by atoms with Gasteiger partial charge >= 0.3 is 7.60 Å². The molecule has 0 saturated heterocycles. The Kier molecular flexibility index (Phi) is 6.76. The summed E-state index contributed by atoms with van der Waals surface area (Å²) in [5.41, 5.74) is 0. The van der Waals surface area contributed by atoms with Gasteiger partial charge in [-0.15, -0.1) is 0 Å². The first-order chi connectivity index (χ1) is 6.90. The van der Waals surface area contributed by atoms with Gasteiger partial charge in [0.15, 0.2) is 0 Å². The number of carbonyl (C=O) groups excluding carboxylic acids is 1.